The molecule has 4 rings (SSSR count). The van der Waals surface area contributed by atoms with Crippen molar-refractivity contribution < 1.29 is 23.0 Å². The number of halogens is 2. The van der Waals surface area contributed by atoms with Gasteiger partial charge in [0.2, 0.25) is 0 Å². The molecule has 174 valence electrons. The van der Waals surface area contributed by atoms with Crippen LogP contribution in [0.15, 0.2) is 6.07 Å². The van der Waals surface area contributed by atoms with E-state index in [2.05, 4.69) is 16.6 Å². The van der Waals surface area contributed by atoms with Gasteiger partial charge in [0, 0.05) is 26.3 Å². The summed E-state index contributed by atoms with van der Waals surface area (Å²) in [4.78, 5) is 4.17. The summed E-state index contributed by atoms with van der Waals surface area (Å²) in [5.41, 5.74) is 0.102. The standard InChI is InChI=1S/C17H20F2N2O2.C5H13NOS/c1-21-16-14(19)13(22-11-7-8-11)9-12(18)15(16)20-17(21)23-10-5-3-2-4-6-10;1-5(4-7-2)6-8-3/h9-11H,2-8H2,1H3;5-6H,4H2,1-3H3. The van der Waals surface area contributed by atoms with Crippen LogP contribution in [0.2, 0.25) is 0 Å². The van der Waals surface area contributed by atoms with Crippen molar-refractivity contribution in [2.75, 3.05) is 20.0 Å². The second-order valence-electron chi connectivity index (χ2n) is 8.19. The van der Waals surface area contributed by atoms with Gasteiger partial charge in [0.1, 0.15) is 17.1 Å². The molecule has 0 bridgehead atoms. The van der Waals surface area contributed by atoms with Crippen molar-refractivity contribution in [1.29, 1.82) is 0 Å². The Bertz CT molecular complexity index is 848. The smallest absolute Gasteiger partial charge is 0.297 e. The van der Waals surface area contributed by atoms with Gasteiger partial charge in [-0.15, -0.1) is 0 Å². The van der Waals surface area contributed by atoms with E-state index in [1.807, 2.05) is 6.26 Å². The highest BCUT2D eigenvalue weighted by atomic mass is 32.2. The van der Waals surface area contributed by atoms with Crippen molar-refractivity contribution in [3.05, 3.63) is 17.7 Å². The number of aromatic nitrogens is 2. The molecule has 1 N–H and O–H groups in total. The highest BCUT2D eigenvalue weighted by Gasteiger charge is 2.28. The second kappa shape index (κ2) is 11.3. The number of rotatable bonds is 8. The molecule has 1 atom stereocenters. The summed E-state index contributed by atoms with van der Waals surface area (Å²) in [6.07, 6.45) is 9.25. The van der Waals surface area contributed by atoms with E-state index in [0.717, 1.165) is 51.2 Å². The third-order valence-electron chi connectivity index (χ3n) is 5.34. The summed E-state index contributed by atoms with van der Waals surface area (Å²) in [6, 6.07) is 1.82. The van der Waals surface area contributed by atoms with Gasteiger partial charge in [-0.1, -0.05) is 18.4 Å². The zero-order valence-corrected chi connectivity index (χ0v) is 19.6. The third-order valence-corrected chi connectivity index (χ3v) is 5.98. The molecule has 2 aliphatic carbocycles. The first-order valence-corrected chi connectivity index (χ1v) is 12.1. The molecule has 1 aromatic heterocycles. The first-order chi connectivity index (χ1) is 14.9. The molecule has 0 spiro atoms. The number of benzene rings is 1. The van der Waals surface area contributed by atoms with Crippen LogP contribution in [-0.4, -0.2) is 47.8 Å². The fourth-order valence-corrected chi connectivity index (χ4v) is 4.10. The third kappa shape index (κ3) is 6.46. The Morgan fingerprint density at radius 3 is 2.45 bits per heavy atom. The summed E-state index contributed by atoms with van der Waals surface area (Å²) >= 11 is 1.62. The number of hydrogen-bond acceptors (Lipinski definition) is 6. The number of methoxy groups -OCH3 is 1. The number of ether oxygens (including phenoxy) is 3. The van der Waals surface area contributed by atoms with Gasteiger partial charge in [0.05, 0.1) is 12.7 Å². The normalized spacial score (nSPS) is 17.9. The molecule has 6 nitrogen and oxygen atoms in total. The van der Waals surface area contributed by atoms with E-state index in [0.29, 0.717) is 6.04 Å². The van der Waals surface area contributed by atoms with Gasteiger partial charge in [-0.3, -0.25) is 9.29 Å². The zero-order chi connectivity index (χ0) is 22.4. The molecule has 0 radical (unpaired) electrons. The van der Waals surface area contributed by atoms with Gasteiger partial charge >= 0.3 is 0 Å². The first-order valence-electron chi connectivity index (χ1n) is 10.9. The Morgan fingerprint density at radius 2 is 1.84 bits per heavy atom. The van der Waals surface area contributed by atoms with Gasteiger partial charge in [0.25, 0.3) is 6.01 Å². The van der Waals surface area contributed by atoms with Gasteiger partial charge in [-0.05, 0) is 51.7 Å². The molecular formula is C22H33F2N3O3S. The molecule has 1 unspecified atom stereocenters. The van der Waals surface area contributed by atoms with Crippen LogP contribution in [0, 0.1) is 11.6 Å². The molecule has 0 saturated heterocycles. The van der Waals surface area contributed by atoms with E-state index >= 15 is 0 Å². The Morgan fingerprint density at radius 1 is 1.16 bits per heavy atom. The Balaban J connectivity index is 0.000000293. The lowest BCUT2D eigenvalue weighted by Gasteiger charge is -2.22. The van der Waals surface area contributed by atoms with Crippen molar-refractivity contribution in [3.8, 4) is 11.8 Å². The largest absolute Gasteiger partial charge is 0.487 e. The maximum Gasteiger partial charge on any atom is 0.297 e. The maximum absolute atomic E-state index is 14.7. The van der Waals surface area contributed by atoms with Crippen LogP contribution in [0.4, 0.5) is 8.78 Å². The summed E-state index contributed by atoms with van der Waals surface area (Å²) in [6.45, 7) is 2.86. The van der Waals surface area contributed by atoms with Crippen LogP contribution >= 0.6 is 11.9 Å². The van der Waals surface area contributed by atoms with E-state index < -0.39 is 11.6 Å². The summed E-state index contributed by atoms with van der Waals surface area (Å²) in [5.74, 6) is -1.18. The number of nitrogens with one attached hydrogen (secondary N) is 1. The molecule has 31 heavy (non-hydrogen) atoms. The molecule has 2 aromatic rings. The average molecular weight is 458 g/mol. The number of imidazole rings is 1. The van der Waals surface area contributed by atoms with E-state index in [4.69, 9.17) is 14.2 Å². The minimum atomic E-state index is -0.578. The number of fused-ring (bicyclic) bond motifs is 1. The van der Waals surface area contributed by atoms with Gasteiger partial charge in [0.15, 0.2) is 17.4 Å². The number of nitrogens with zero attached hydrogens (tertiary/aromatic N) is 2. The minimum absolute atomic E-state index is 0.000966. The quantitative estimate of drug-likeness (QED) is 0.564. The Hall–Kier alpha value is -1.58. The predicted molar refractivity (Wildman–Crippen MR) is 120 cm³/mol. The maximum atomic E-state index is 14.7. The van der Waals surface area contributed by atoms with E-state index in [1.165, 1.54) is 11.0 Å². The highest BCUT2D eigenvalue weighted by Crippen LogP contribution is 2.35. The minimum Gasteiger partial charge on any atom is -0.487 e. The Labute approximate surface area is 187 Å². The molecule has 2 saturated carbocycles. The summed E-state index contributed by atoms with van der Waals surface area (Å²) < 4.78 is 49.8. The molecule has 1 heterocycles. The van der Waals surface area contributed by atoms with Crippen molar-refractivity contribution in [3.63, 3.8) is 0 Å². The fourth-order valence-electron chi connectivity index (χ4n) is 3.63. The van der Waals surface area contributed by atoms with Crippen molar-refractivity contribution in [1.82, 2.24) is 14.3 Å². The number of hydrogen-bond donors (Lipinski definition) is 1. The van der Waals surface area contributed by atoms with Gasteiger partial charge in [-0.25, -0.2) is 8.78 Å². The molecule has 0 aliphatic heterocycles. The lowest BCUT2D eigenvalue weighted by atomic mass is 9.98. The van der Waals surface area contributed by atoms with Crippen LogP contribution in [0.5, 0.6) is 11.8 Å². The Kier molecular flexibility index (Phi) is 8.80. The molecule has 2 fully saturated rings. The molecule has 9 heteroatoms. The molecule has 2 aliphatic rings. The average Bonchev–Trinajstić information content (AvgIpc) is 3.50. The molecule has 1 aromatic carbocycles. The van der Waals surface area contributed by atoms with Crippen LogP contribution in [-0.2, 0) is 11.8 Å². The fraction of sp³-hybridized carbons (Fsp3) is 0.682. The predicted octanol–water partition coefficient (Wildman–Crippen LogP) is 4.99. The topological polar surface area (TPSA) is 57.5 Å². The highest BCUT2D eigenvalue weighted by molar-refractivity contribution is 7.96. The van der Waals surface area contributed by atoms with Crippen LogP contribution in [0.1, 0.15) is 51.9 Å². The number of aryl methyl sites for hydroxylation is 1. The van der Waals surface area contributed by atoms with Crippen molar-refractivity contribution >= 4 is 23.0 Å². The SMILES string of the molecule is COCC(C)NSC.Cn1c(OC2CCCCC2)nc2c(F)cc(OC3CC3)c(F)c21. The van der Waals surface area contributed by atoms with Crippen LogP contribution in [0.3, 0.4) is 0 Å². The van der Waals surface area contributed by atoms with Crippen LogP contribution < -0.4 is 14.2 Å². The van der Waals surface area contributed by atoms with Gasteiger partial charge in [-0.2, -0.15) is 4.98 Å². The second-order valence-corrected chi connectivity index (χ2v) is 8.84. The van der Waals surface area contributed by atoms with Gasteiger partial charge < -0.3 is 14.2 Å². The van der Waals surface area contributed by atoms with E-state index in [1.54, 1.807) is 26.1 Å². The first kappa shape index (κ1) is 24.1. The lowest BCUT2D eigenvalue weighted by Crippen LogP contribution is -2.23. The summed E-state index contributed by atoms with van der Waals surface area (Å²) in [5, 5.41) is 0. The molecule has 0 amide bonds. The van der Waals surface area contributed by atoms with E-state index in [9.17, 15) is 8.78 Å². The van der Waals surface area contributed by atoms with Crippen molar-refractivity contribution in [2.45, 2.75) is 70.1 Å². The molecular weight excluding hydrogens is 424 g/mol. The monoisotopic (exact) mass is 457 g/mol. The van der Waals surface area contributed by atoms with E-state index in [-0.39, 0.29) is 35.0 Å². The van der Waals surface area contributed by atoms with Crippen LogP contribution in [0.25, 0.3) is 11.0 Å². The zero-order valence-electron chi connectivity index (χ0n) is 18.7. The summed E-state index contributed by atoms with van der Waals surface area (Å²) in [7, 11) is 3.36. The van der Waals surface area contributed by atoms with Crippen molar-refractivity contribution in [2.24, 2.45) is 7.05 Å². The lowest BCUT2D eigenvalue weighted by molar-refractivity contribution is 0.138.